The second-order valence-corrected chi connectivity index (χ2v) is 9.96. The van der Waals surface area contributed by atoms with Crippen molar-refractivity contribution in [3.05, 3.63) is 34.9 Å². The molecule has 2 atom stereocenters. The van der Waals surface area contributed by atoms with E-state index >= 15 is 0 Å². The van der Waals surface area contributed by atoms with E-state index in [2.05, 4.69) is 4.90 Å². The number of nitrogens with zero attached hydrogens (tertiary/aromatic N) is 4. The van der Waals surface area contributed by atoms with Crippen molar-refractivity contribution in [2.75, 3.05) is 32.7 Å². The number of hydrogen-bond acceptors (Lipinski definition) is 6. The Kier molecular flexibility index (Phi) is 5.52. The molecule has 1 aromatic carbocycles. The predicted molar refractivity (Wildman–Crippen MR) is 118 cm³/mol. The zero-order valence-corrected chi connectivity index (χ0v) is 19.0. The quantitative estimate of drug-likeness (QED) is 0.669. The Morgan fingerprint density at radius 2 is 1.88 bits per heavy atom. The standard InChI is InChI=1S/C23H29ClN4O4/c1-15(29)25-8-6-17(7-9-25)26-13-23(14-26)22(32)27(11-16-4-2-3-5-19(16)24)21(31)20-10-18(30)12-28(20)23/h2-5,17-18,20,30H,6-14H2,1H3/t18-,20+/m1/s1. The average Bonchev–Trinajstić information content (AvgIpc) is 3.14. The molecule has 4 fully saturated rings. The molecule has 1 N–H and O–H groups in total. The number of fused-ring (bicyclic) bond motifs is 2. The van der Waals surface area contributed by atoms with Gasteiger partial charge in [-0.2, -0.15) is 0 Å². The van der Waals surface area contributed by atoms with E-state index < -0.39 is 17.7 Å². The van der Waals surface area contributed by atoms with E-state index in [0.717, 1.165) is 31.5 Å². The lowest BCUT2D eigenvalue weighted by Crippen LogP contribution is -2.82. The Labute approximate surface area is 192 Å². The van der Waals surface area contributed by atoms with E-state index in [9.17, 15) is 19.5 Å². The summed E-state index contributed by atoms with van der Waals surface area (Å²) in [5.41, 5.74) is -0.0412. The van der Waals surface area contributed by atoms with Crippen LogP contribution in [-0.4, -0.2) is 98.9 Å². The van der Waals surface area contributed by atoms with Crippen molar-refractivity contribution in [3.63, 3.8) is 0 Å². The van der Waals surface area contributed by atoms with Gasteiger partial charge in [0, 0.05) is 50.7 Å². The van der Waals surface area contributed by atoms with Crippen LogP contribution in [0.2, 0.25) is 5.02 Å². The first kappa shape index (κ1) is 21.8. The molecule has 1 spiro atoms. The Balaban J connectivity index is 1.36. The van der Waals surface area contributed by atoms with Gasteiger partial charge in [0.05, 0.1) is 18.7 Å². The Bertz CT molecular complexity index is 942. The molecule has 32 heavy (non-hydrogen) atoms. The zero-order chi connectivity index (χ0) is 22.6. The fourth-order valence-corrected chi connectivity index (χ4v) is 6.06. The summed E-state index contributed by atoms with van der Waals surface area (Å²) in [4.78, 5) is 46.1. The topological polar surface area (TPSA) is 84.4 Å². The van der Waals surface area contributed by atoms with Gasteiger partial charge in [0.15, 0.2) is 0 Å². The molecule has 172 valence electrons. The third kappa shape index (κ3) is 3.44. The molecule has 0 saturated carbocycles. The Morgan fingerprint density at radius 1 is 1.19 bits per heavy atom. The van der Waals surface area contributed by atoms with Gasteiger partial charge in [-0.3, -0.25) is 29.1 Å². The van der Waals surface area contributed by atoms with Crippen LogP contribution in [0.4, 0.5) is 0 Å². The summed E-state index contributed by atoms with van der Waals surface area (Å²) in [6, 6.07) is 7.11. The highest BCUT2D eigenvalue weighted by Gasteiger charge is 2.64. The highest BCUT2D eigenvalue weighted by atomic mass is 35.5. The lowest BCUT2D eigenvalue weighted by molar-refractivity contribution is -0.184. The van der Waals surface area contributed by atoms with Crippen LogP contribution >= 0.6 is 11.6 Å². The third-order valence-corrected chi connectivity index (χ3v) is 8.03. The number of piperazine rings is 1. The number of piperidine rings is 1. The number of likely N-dealkylation sites (tertiary alicyclic amines) is 2. The van der Waals surface area contributed by atoms with Crippen molar-refractivity contribution in [1.82, 2.24) is 19.6 Å². The van der Waals surface area contributed by atoms with Crippen LogP contribution in [0.25, 0.3) is 0 Å². The van der Waals surface area contributed by atoms with Crippen LogP contribution in [0, 0.1) is 0 Å². The van der Waals surface area contributed by atoms with E-state index in [1.165, 1.54) is 4.90 Å². The minimum Gasteiger partial charge on any atom is -0.392 e. The molecule has 4 aliphatic heterocycles. The number of rotatable bonds is 3. The van der Waals surface area contributed by atoms with E-state index in [-0.39, 0.29) is 24.3 Å². The molecule has 8 nitrogen and oxygen atoms in total. The highest BCUT2D eigenvalue weighted by molar-refractivity contribution is 6.31. The number of carbonyl (C=O) groups is 3. The fourth-order valence-electron chi connectivity index (χ4n) is 5.87. The van der Waals surface area contributed by atoms with Gasteiger partial charge in [-0.15, -0.1) is 0 Å². The maximum Gasteiger partial charge on any atom is 0.252 e. The van der Waals surface area contributed by atoms with Crippen LogP contribution < -0.4 is 0 Å². The number of imide groups is 1. The van der Waals surface area contributed by atoms with E-state index in [4.69, 9.17) is 11.6 Å². The summed E-state index contributed by atoms with van der Waals surface area (Å²) in [7, 11) is 0. The van der Waals surface area contributed by atoms with Gasteiger partial charge >= 0.3 is 0 Å². The number of β-amino-alcohol motifs (C(OH)–C–C–N with tert-alkyl or cyclic N) is 1. The van der Waals surface area contributed by atoms with Crippen molar-refractivity contribution in [1.29, 1.82) is 0 Å². The SMILES string of the molecule is CC(=O)N1CCC(N2CC3(C2)C(=O)N(Cc2ccccc2Cl)C(=O)[C@@H]2C[C@@H](O)CN23)CC1. The van der Waals surface area contributed by atoms with Gasteiger partial charge < -0.3 is 10.0 Å². The molecule has 4 heterocycles. The van der Waals surface area contributed by atoms with Crippen LogP contribution in [0.3, 0.4) is 0 Å². The molecule has 1 aromatic rings. The van der Waals surface area contributed by atoms with Crippen LogP contribution in [0.5, 0.6) is 0 Å². The first-order valence-corrected chi connectivity index (χ1v) is 11.7. The number of aliphatic hydroxyl groups excluding tert-OH is 1. The second-order valence-electron chi connectivity index (χ2n) is 9.55. The predicted octanol–water partition coefficient (Wildman–Crippen LogP) is 0.709. The van der Waals surface area contributed by atoms with Crippen LogP contribution in [0.15, 0.2) is 24.3 Å². The highest BCUT2D eigenvalue weighted by Crippen LogP contribution is 2.42. The van der Waals surface area contributed by atoms with Gasteiger partial charge in [-0.1, -0.05) is 29.8 Å². The molecule has 0 radical (unpaired) electrons. The molecular formula is C23H29ClN4O4. The van der Waals surface area contributed by atoms with E-state index in [1.807, 2.05) is 28.0 Å². The van der Waals surface area contributed by atoms with Crippen molar-refractivity contribution >= 4 is 29.3 Å². The number of hydrogen-bond donors (Lipinski definition) is 1. The largest absolute Gasteiger partial charge is 0.392 e. The summed E-state index contributed by atoms with van der Waals surface area (Å²) in [5.74, 6) is -0.330. The number of aliphatic hydroxyl groups is 1. The number of amides is 3. The Hall–Kier alpha value is -2.00. The first-order valence-electron chi connectivity index (χ1n) is 11.3. The molecule has 4 aliphatic rings. The summed E-state index contributed by atoms with van der Waals surface area (Å²) < 4.78 is 0. The Morgan fingerprint density at radius 3 is 2.53 bits per heavy atom. The minimum atomic E-state index is -0.783. The lowest BCUT2D eigenvalue weighted by atomic mass is 9.80. The molecule has 3 amide bonds. The summed E-state index contributed by atoms with van der Waals surface area (Å²) in [6.45, 7) is 4.66. The molecule has 9 heteroatoms. The molecule has 5 rings (SSSR count). The van der Waals surface area contributed by atoms with Crippen molar-refractivity contribution in [3.8, 4) is 0 Å². The summed E-state index contributed by atoms with van der Waals surface area (Å²) >= 11 is 6.32. The monoisotopic (exact) mass is 460 g/mol. The smallest absolute Gasteiger partial charge is 0.252 e. The van der Waals surface area contributed by atoms with Gasteiger partial charge in [-0.25, -0.2) is 0 Å². The zero-order valence-electron chi connectivity index (χ0n) is 18.2. The molecule has 4 saturated heterocycles. The first-order chi connectivity index (χ1) is 15.3. The molecule has 0 unspecified atom stereocenters. The van der Waals surface area contributed by atoms with E-state index in [1.54, 1.807) is 13.0 Å². The fraction of sp³-hybridized carbons (Fsp3) is 0.609. The molecule has 0 aliphatic carbocycles. The number of benzene rings is 1. The minimum absolute atomic E-state index is 0.105. The van der Waals surface area contributed by atoms with Gasteiger partial charge in [0.25, 0.3) is 5.91 Å². The summed E-state index contributed by atoms with van der Waals surface area (Å²) in [6.07, 6.45) is 1.52. The van der Waals surface area contributed by atoms with Crippen molar-refractivity contribution in [2.24, 2.45) is 0 Å². The van der Waals surface area contributed by atoms with E-state index in [0.29, 0.717) is 37.1 Å². The maximum absolute atomic E-state index is 13.7. The molecule has 0 aromatic heterocycles. The van der Waals surface area contributed by atoms with Crippen molar-refractivity contribution in [2.45, 2.75) is 56.5 Å². The van der Waals surface area contributed by atoms with Gasteiger partial charge in [-0.05, 0) is 30.9 Å². The van der Waals surface area contributed by atoms with Gasteiger partial charge in [0.1, 0.15) is 5.54 Å². The third-order valence-electron chi connectivity index (χ3n) is 7.66. The second kappa shape index (κ2) is 8.09. The van der Waals surface area contributed by atoms with Crippen LogP contribution in [-0.2, 0) is 20.9 Å². The molecular weight excluding hydrogens is 432 g/mol. The number of carbonyl (C=O) groups excluding carboxylic acids is 3. The van der Waals surface area contributed by atoms with Crippen LogP contribution in [0.1, 0.15) is 31.7 Å². The number of halogens is 1. The lowest BCUT2D eigenvalue weighted by Gasteiger charge is -2.60. The molecule has 0 bridgehead atoms. The summed E-state index contributed by atoms with van der Waals surface area (Å²) in [5, 5.41) is 10.9. The average molecular weight is 461 g/mol. The van der Waals surface area contributed by atoms with Gasteiger partial charge in [0.2, 0.25) is 11.8 Å². The maximum atomic E-state index is 13.7. The van der Waals surface area contributed by atoms with Crippen molar-refractivity contribution < 1.29 is 19.5 Å². The normalized spacial score (nSPS) is 28.8.